The summed E-state index contributed by atoms with van der Waals surface area (Å²) in [6, 6.07) is 10.2. The van der Waals surface area contributed by atoms with Crippen LogP contribution in [0.4, 0.5) is 0 Å². The molecule has 0 fully saturated rings. The molecular weight excluding hydrogens is 296 g/mol. The molecule has 0 unspecified atom stereocenters. The molecule has 0 bridgehead atoms. The predicted octanol–water partition coefficient (Wildman–Crippen LogP) is 2.76. The monoisotopic (exact) mass is 310 g/mol. The Balaban J connectivity index is 1.78. The first-order chi connectivity index (χ1) is 10.7. The molecule has 110 valence electrons. The number of thioether (sulfide) groups is 1. The van der Waals surface area contributed by atoms with Crippen LogP contribution in [0.15, 0.2) is 41.7 Å². The van der Waals surface area contributed by atoms with Crippen molar-refractivity contribution in [2.45, 2.75) is 23.9 Å². The third kappa shape index (κ3) is 2.20. The molecule has 1 aliphatic carbocycles. The quantitative estimate of drug-likeness (QED) is 0.681. The van der Waals surface area contributed by atoms with Crippen LogP contribution in [-0.2, 0) is 6.42 Å². The number of hydrogen-bond donors (Lipinski definition) is 0. The molecule has 0 aliphatic heterocycles. The number of Topliss-reactive ketones (excluding diaryl/α,β-unsaturated/α-hetero) is 1. The summed E-state index contributed by atoms with van der Waals surface area (Å²) in [5.41, 5.74) is 2.70. The predicted molar refractivity (Wildman–Crippen MR) is 84.4 cm³/mol. The zero-order valence-electron chi connectivity index (χ0n) is 12.1. The molecular formula is C16H14N4OS. The average Bonchev–Trinajstić information content (AvgIpc) is 2.96. The zero-order chi connectivity index (χ0) is 15.1. The number of carbonyl (C=O) groups excluding carboxylic acids is 1. The van der Waals surface area contributed by atoms with E-state index in [0.717, 1.165) is 12.1 Å². The lowest BCUT2D eigenvalue weighted by Gasteiger charge is -2.22. The fourth-order valence-corrected chi connectivity index (χ4v) is 3.25. The first-order valence-electron chi connectivity index (χ1n) is 7.13. The van der Waals surface area contributed by atoms with Crippen LogP contribution < -0.4 is 0 Å². The van der Waals surface area contributed by atoms with Gasteiger partial charge in [-0.05, 0) is 24.2 Å². The Bertz CT molecular complexity index is 859. The molecule has 2 heterocycles. The lowest BCUT2D eigenvalue weighted by Crippen LogP contribution is -2.21. The van der Waals surface area contributed by atoms with Crippen molar-refractivity contribution in [1.29, 1.82) is 0 Å². The number of nitrogens with zero attached hydrogens (tertiary/aromatic N) is 4. The third-order valence-electron chi connectivity index (χ3n) is 4.02. The van der Waals surface area contributed by atoms with E-state index in [4.69, 9.17) is 0 Å². The Labute approximate surface area is 131 Å². The first kappa shape index (κ1) is 13.5. The van der Waals surface area contributed by atoms with Crippen molar-refractivity contribution in [3.63, 3.8) is 0 Å². The molecule has 0 saturated carbocycles. The highest BCUT2D eigenvalue weighted by Crippen LogP contribution is 2.31. The molecule has 0 radical (unpaired) electrons. The van der Waals surface area contributed by atoms with E-state index >= 15 is 0 Å². The van der Waals surface area contributed by atoms with Crippen LogP contribution in [0.3, 0.4) is 0 Å². The van der Waals surface area contributed by atoms with Crippen molar-refractivity contribution in [1.82, 2.24) is 19.6 Å². The van der Waals surface area contributed by atoms with Crippen LogP contribution in [0.1, 0.15) is 34.0 Å². The van der Waals surface area contributed by atoms with Crippen LogP contribution in [0.25, 0.3) is 5.78 Å². The molecule has 0 spiro atoms. The van der Waals surface area contributed by atoms with Gasteiger partial charge in [0.15, 0.2) is 5.78 Å². The van der Waals surface area contributed by atoms with Crippen LogP contribution in [0.2, 0.25) is 0 Å². The topological polar surface area (TPSA) is 60.1 Å². The minimum atomic E-state index is 0.130. The maximum absolute atomic E-state index is 12.5. The highest BCUT2D eigenvalue weighted by atomic mass is 32.2. The van der Waals surface area contributed by atoms with Gasteiger partial charge in [0.05, 0.1) is 11.3 Å². The van der Waals surface area contributed by atoms with E-state index in [2.05, 4.69) is 27.2 Å². The second-order valence-corrected chi connectivity index (χ2v) is 6.16. The summed E-state index contributed by atoms with van der Waals surface area (Å²) in [7, 11) is 0. The van der Waals surface area contributed by atoms with Crippen molar-refractivity contribution in [3.8, 4) is 0 Å². The molecule has 0 saturated heterocycles. The van der Waals surface area contributed by atoms with Gasteiger partial charge in [-0.1, -0.05) is 42.1 Å². The number of carbonyl (C=O) groups is 1. The fraction of sp³-hybridized carbons (Fsp3) is 0.250. The van der Waals surface area contributed by atoms with Gasteiger partial charge in [-0.15, -0.1) is 5.10 Å². The zero-order valence-corrected chi connectivity index (χ0v) is 12.9. The van der Waals surface area contributed by atoms with Gasteiger partial charge in [-0.3, -0.25) is 4.79 Å². The summed E-state index contributed by atoms with van der Waals surface area (Å²) < 4.78 is 1.60. The molecule has 22 heavy (non-hydrogen) atoms. The van der Waals surface area contributed by atoms with E-state index in [1.807, 2.05) is 24.5 Å². The Kier molecular flexibility index (Phi) is 3.18. The number of rotatable bonds is 2. The van der Waals surface area contributed by atoms with Crippen LogP contribution >= 0.6 is 11.8 Å². The molecule has 3 aromatic rings. The van der Waals surface area contributed by atoms with E-state index in [0.29, 0.717) is 22.9 Å². The van der Waals surface area contributed by atoms with Crippen molar-refractivity contribution >= 4 is 23.3 Å². The van der Waals surface area contributed by atoms with Gasteiger partial charge in [-0.25, -0.2) is 9.50 Å². The second-order valence-electron chi connectivity index (χ2n) is 5.38. The van der Waals surface area contributed by atoms with Gasteiger partial charge in [0, 0.05) is 12.6 Å². The largest absolute Gasteiger partial charge is 0.294 e. The molecule has 1 aliphatic rings. The maximum Gasteiger partial charge on any atom is 0.253 e. The lowest BCUT2D eigenvalue weighted by molar-refractivity contribution is 0.0962. The van der Waals surface area contributed by atoms with E-state index in [1.165, 1.54) is 17.3 Å². The number of ketones is 1. The van der Waals surface area contributed by atoms with Crippen LogP contribution in [0.5, 0.6) is 0 Å². The van der Waals surface area contributed by atoms with E-state index in [-0.39, 0.29) is 11.7 Å². The summed E-state index contributed by atoms with van der Waals surface area (Å²) in [6.07, 6.45) is 4.98. The summed E-state index contributed by atoms with van der Waals surface area (Å²) in [4.78, 5) is 21.4. The number of fused-ring (bicyclic) bond motifs is 2. The Morgan fingerprint density at radius 2 is 2.00 bits per heavy atom. The lowest BCUT2D eigenvalue weighted by atomic mass is 9.82. The van der Waals surface area contributed by atoms with Gasteiger partial charge in [0.2, 0.25) is 5.16 Å². The van der Waals surface area contributed by atoms with Crippen molar-refractivity contribution in [2.75, 3.05) is 6.26 Å². The summed E-state index contributed by atoms with van der Waals surface area (Å²) in [5.74, 6) is 0.884. The molecule has 1 atom stereocenters. The number of aromatic nitrogens is 4. The van der Waals surface area contributed by atoms with Crippen LogP contribution in [-0.4, -0.2) is 31.6 Å². The third-order valence-corrected chi connectivity index (χ3v) is 4.55. The van der Waals surface area contributed by atoms with Crippen molar-refractivity contribution in [2.24, 2.45) is 0 Å². The number of hydrogen-bond acceptors (Lipinski definition) is 5. The van der Waals surface area contributed by atoms with E-state index in [1.54, 1.807) is 10.7 Å². The first-order valence-corrected chi connectivity index (χ1v) is 8.35. The Morgan fingerprint density at radius 1 is 1.18 bits per heavy atom. The standard InChI is InChI=1S/C16H14N4OS/c1-22-16-18-15-17-13-7-11(10-5-3-2-4-6-10)8-14(21)12(13)9-20(15)19-16/h2-6,9,11H,7-8H2,1H3/t11-/m0/s1. The molecule has 1 aromatic carbocycles. The smallest absolute Gasteiger partial charge is 0.253 e. The molecule has 6 heteroatoms. The molecule has 0 amide bonds. The minimum Gasteiger partial charge on any atom is -0.294 e. The molecule has 2 aromatic heterocycles. The van der Waals surface area contributed by atoms with Gasteiger partial charge < -0.3 is 0 Å². The maximum atomic E-state index is 12.5. The SMILES string of the molecule is CSc1nc2nc3c(cn2n1)C(=O)C[C@@H](c1ccccc1)C3. The molecule has 0 N–H and O–H groups in total. The summed E-state index contributed by atoms with van der Waals surface area (Å²) in [6.45, 7) is 0. The fourth-order valence-electron chi connectivity index (χ4n) is 2.91. The van der Waals surface area contributed by atoms with Crippen LogP contribution in [0, 0.1) is 0 Å². The second kappa shape index (κ2) is 5.21. The summed E-state index contributed by atoms with van der Waals surface area (Å²) in [5, 5.41) is 4.97. The van der Waals surface area contributed by atoms with Gasteiger partial charge >= 0.3 is 0 Å². The molecule has 5 nitrogen and oxygen atoms in total. The average molecular weight is 310 g/mol. The Hall–Kier alpha value is -2.21. The molecule has 4 rings (SSSR count). The van der Waals surface area contributed by atoms with E-state index < -0.39 is 0 Å². The normalized spacial score (nSPS) is 17.7. The highest BCUT2D eigenvalue weighted by Gasteiger charge is 2.28. The van der Waals surface area contributed by atoms with Gasteiger partial charge in [0.1, 0.15) is 0 Å². The van der Waals surface area contributed by atoms with Crippen molar-refractivity contribution in [3.05, 3.63) is 53.3 Å². The van der Waals surface area contributed by atoms with E-state index in [9.17, 15) is 4.79 Å². The van der Waals surface area contributed by atoms with Gasteiger partial charge in [0.25, 0.3) is 5.78 Å². The van der Waals surface area contributed by atoms with Crippen molar-refractivity contribution < 1.29 is 4.79 Å². The highest BCUT2D eigenvalue weighted by molar-refractivity contribution is 7.98. The minimum absolute atomic E-state index is 0.130. The number of benzene rings is 1. The summed E-state index contributed by atoms with van der Waals surface area (Å²) >= 11 is 1.47. The Morgan fingerprint density at radius 3 is 2.77 bits per heavy atom. The van der Waals surface area contributed by atoms with Gasteiger partial charge in [-0.2, -0.15) is 4.98 Å².